The molecule has 1 aromatic carbocycles. The average molecular weight is 376 g/mol. The predicted molar refractivity (Wildman–Crippen MR) is 102 cm³/mol. The summed E-state index contributed by atoms with van der Waals surface area (Å²) in [4.78, 5) is 16.4. The number of carbonyl (C=O) groups excluding carboxylic acids is 1. The minimum absolute atomic E-state index is 0. The fourth-order valence-corrected chi connectivity index (χ4v) is 2.79. The largest absolute Gasteiger partial charge is 0.399 e. The molecule has 23 heavy (non-hydrogen) atoms. The van der Waals surface area contributed by atoms with Crippen molar-refractivity contribution in [1.29, 1.82) is 0 Å². The van der Waals surface area contributed by atoms with Crippen LogP contribution in [-0.2, 0) is 17.6 Å². The molecule has 0 atom stereocenters. The zero-order chi connectivity index (χ0) is 15.2. The molecular weight excluding hydrogens is 353 g/mol. The number of carbonyl (C=O) groups is 1. The number of nitrogens with one attached hydrogen (secondary N) is 1. The van der Waals surface area contributed by atoms with Gasteiger partial charge in [-0.05, 0) is 17.7 Å². The lowest BCUT2D eigenvalue weighted by molar-refractivity contribution is -0.120. The topological polar surface area (TPSA) is 68.0 Å². The highest BCUT2D eigenvalue weighted by molar-refractivity contribution is 7.09. The number of anilines is 1. The van der Waals surface area contributed by atoms with E-state index in [0.29, 0.717) is 24.6 Å². The molecule has 0 saturated carbocycles. The third kappa shape index (κ3) is 7.20. The van der Waals surface area contributed by atoms with Crippen LogP contribution in [0.4, 0.5) is 5.69 Å². The van der Waals surface area contributed by atoms with Gasteiger partial charge in [-0.2, -0.15) is 0 Å². The van der Waals surface area contributed by atoms with E-state index < -0.39 is 0 Å². The summed E-state index contributed by atoms with van der Waals surface area (Å²) in [5.74, 6) is 0.489. The van der Waals surface area contributed by atoms with Gasteiger partial charge in [0.05, 0.1) is 17.1 Å². The monoisotopic (exact) mass is 375 g/mol. The Kier molecular flexibility index (Phi) is 9.88. The van der Waals surface area contributed by atoms with Crippen LogP contribution in [0.25, 0.3) is 0 Å². The summed E-state index contributed by atoms with van der Waals surface area (Å²) in [6.45, 7) is 4.89. The molecule has 1 amide bonds. The number of nitrogen functional groups attached to an aromatic ring is 1. The molecule has 4 nitrogen and oxygen atoms in total. The van der Waals surface area contributed by atoms with Crippen molar-refractivity contribution in [2.24, 2.45) is 0 Å². The van der Waals surface area contributed by atoms with E-state index >= 15 is 0 Å². The molecule has 0 aliphatic rings. The van der Waals surface area contributed by atoms with Crippen molar-refractivity contribution in [3.05, 3.63) is 45.9 Å². The number of nitrogens with two attached hydrogens (primary N) is 1. The first-order valence-corrected chi connectivity index (χ1v) is 7.98. The van der Waals surface area contributed by atoms with Crippen LogP contribution in [-0.4, -0.2) is 17.4 Å². The van der Waals surface area contributed by atoms with Crippen molar-refractivity contribution in [1.82, 2.24) is 10.3 Å². The van der Waals surface area contributed by atoms with Crippen LogP contribution in [0.15, 0.2) is 29.6 Å². The van der Waals surface area contributed by atoms with E-state index in [-0.39, 0.29) is 30.7 Å². The van der Waals surface area contributed by atoms with Gasteiger partial charge < -0.3 is 11.1 Å². The summed E-state index contributed by atoms with van der Waals surface area (Å²) in [6.07, 6.45) is 1.16. The number of amides is 1. The lowest BCUT2D eigenvalue weighted by atomic mass is 10.1. The van der Waals surface area contributed by atoms with Gasteiger partial charge in [-0.1, -0.05) is 26.0 Å². The number of aromatic nitrogens is 1. The minimum atomic E-state index is 0. The first kappa shape index (κ1) is 21.7. The van der Waals surface area contributed by atoms with E-state index in [9.17, 15) is 4.79 Å². The van der Waals surface area contributed by atoms with Crippen LogP contribution in [0, 0.1) is 0 Å². The number of thiazole rings is 1. The Morgan fingerprint density at radius 3 is 2.48 bits per heavy atom. The molecule has 2 rings (SSSR count). The minimum Gasteiger partial charge on any atom is -0.399 e. The molecule has 0 spiro atoms. The van der Waals surface area contributed by atoms with Crippen LogP contribution in [0.1, 0.15) is 36.0 Å². The smallest absolute Gasteiger partial charge is 0.224 e. The molecular formula is C16H23Cl2N3OS. The van der Waals surface area contributed by atoms with Crippen LogP contribution in [0.5, 0.6) is 0 Å². The third-order valence-corrected chi connectivity index (χ3v) is 4.31. The number of benzene rings is 1. The Hall–Kier alpha value is -1.30. The molecule has 0 radical (unpaired) electrons. The van der Waals surface area contributed by atoms with Gasteiger partial charge in [0.15, 0.2) is 0 Å². The Balaban J connectivity index is 0.00000242. The number of hydrogen-bond acceptors (Lipinski definition) is 4. The molecule has 128 valence electrons. The molecule has 7 heteroatoms. The highest BCUT2D eigenvalue weighted by atomic mass is 35.5. The van der Waals surface area contributed by atoms with E-state index in [2.05, 4.69) is 29.5 Å². The van der Waals surface area contributed by atoms with E-state index in [1.807, 2.05) is 24.3 Å². The van der Waals surface area contributed by atoms with Gasteiger partial charge in [0.25, 0.3) is 0 Å². The van der Waals surface area contributed by atoms with E-state index in [1.54, 1.807) is 11.3 Å². The fraction of sp³-hybridized carbons (Fsp3) is 0.375. The van der Waals surface area contributed by atoms with Crippen LogP contribution < -0.4 is 11.1 Å². The van der Waals surface area contributed by atoms with Gasteiger partial charge >= 0.3 is 0 Å². The van der Waals surface area contributed by atoms with Crippen molar-refractivity contribution in [3.8, 4) is 0 Å². The number of nitrogens with zero attached hydrogens (tertiary/aromatic N) is 1. The summed E-state index contributed by atoms with van der Waals surface area (Å²) in [6, 6.07) is 7.38. The third-order valence-electron chi connectivity index (χ3n) is 3.11. The second kappa shape index (κ2) is 10.5. The normalized spacial score (nSPS) is 9.87. The summed E-state index contributed by atoms with van der Waals surface area (Å²) in [5.41, 5.74) is 8.35. The second-order valence-corrected chi connectivity index (χ2v) is 6.24. The fourth-order valence-electron chi connectivity index (χ4n) is 1.92. The zero-order valence-corrected chi connectivity index (χ0v) is 15.7. The molecule has 2 aromatic rings. The second-order valence-electron chi connectivity index (χ2n) is 5.35. The molecule has 3 N–H and O–H groups in total. The molecule has 0 fully saturated rings. The molecule has 1 heterocycles. The van der Waals surface area contributed by atoms with Crippen molar-refractivity contribution < 1.29 is 4.79 Å². The first-order chi connectivity index (χ1) is 10.0. The quantitative estimate of drug-likeness (QED) is 0.757. The molecule has 0 unspecified atom stereocenters. The highest BCUT2D eigenvalue weighted by Crippen LogP contribution is 2.19. The maximum Gasteiger partial charge on any atom is 0.224 e. The first-order valence-electron chi connectivity index (χ1n) is 7.10. The van der Waals surface area contributed by atoms with Gasteiger partial charge in [-0.3, -0.25) is 4.79 Å². The summed E-state index contributed by atoms with van der Waals surface area (Å²) < 4.78 is 0. The van der Waals surface area contributed by atoms with Gasteiger partial charge in [0.1, 0.15) is 0 Å². The summed E-state index contributed by atoms with van der Waals surface area (Å²) in [7, 11) is 0. The lowest BCUT2D eigenvalue weighted by Crippen LogP contribution is -2.27. The maximum absolute atomic E-state index is 11.8. The molecule has 1 aromatic heterocycles. The summed E-state index contributed by atoms with van der Waals surface area (Å²) in [5, 5.41) is 6.15. The lowest BCUT2D eigenvalue weighted by Gasteiger charge is -2.04. The highest BCUT2D eigenvalue weighted by Gasteiger charge is 2.07. The molecule has 0 aliphatic heterocycles. The van der Waals surface area contributed by atoms with Gasteiger partial charge in [0, 0.05) is 30.0 Å². The maximum atomic E-state index is 11.8. The van der Waals surface area contributed by atoms with Gasteiger partial charge in [0.2, 0.25) is 5.91 Å². The van der Waals surface area contributed by atoms with Crippen molar-refractivity contribution >= 4 is 47.7 Å². The Labute approximate surface area is 153 Å². The number of rotatable bonds is 6. The molecule has 0 aliphatic carbocycles. The van der Waals surface area contributed by atoms with Crippen molar-refractivity contribution in [3.63, 3.8) is 0 Å². The SMILES string of the molecule is CC(C)c1nc(CCNC(=O)Cc2ccc(N)cc2)cs1.Cl.Cl. The van der Waals surface area contributed by atoms with E-state index in [1.165, 1.54) is 0 Å². The van der Waals surface area contributed by atoms with E-state index in [0.717, 1.165) is 22.7 Å². The predicted octanol–water partition coefficient (Wildman–Crippen LogP) is 3.59. The Bertz CT molecular complexity index is 600. The molecule has 0 bridgehead atoms. The zero-order valence-electron chi connectivity index (χ0n) is 13.2. The molecule has 0 saturated heterocycles. The average Bonchev–Trinajstić information content (AvgIpc) is 2.90. The van der Waals surface area contributed by atoms with Crippen molar-refractivity contribution in [2.45, 2.75) is 32.6 Å². The standard InChI is InChI=1S/C16H21N3OS.2ClH/c1-11(2)16-19-14(10-21-16)7-8-18-15(20)9-12-3-5-13(17)6-4-12;;/h3-6,10-11H,7-9,17H2,1-2H3,(H,18,20);2*1H. The van der Waals surface area contributed by atoms with Crippen molar-refractivity contribution in [2.75, 3.05) is 12.3 Å². The number of hydrogen-bond donors (Lipinski definition) is 2. The van der Waals surface area contributed by atoms with Crippen LogP contribution in [0.3, 0.4) is 0 Å². The number of halogens is 2. The van der Waals surface area contributed by atoms with Gasteiger partial charge in [-0.25, -0.2) is 4.98 Å². The van der Waals surface area contributed by atoms with E-state index in [4.69, 9.17) is 5.73 Å². The van der Waals surface area contributed by atoms with Gasteiger partial charge in [-0.15, -0.1) is 36.2 Å². The Morgan fingerprint density at radius 1 is 1.26 bits per heavy atom. The van der Waals surface area contributed by atoms with Crippen LogP contribution in [0.2, 0.25) is 0 Å². The Morgan fingerprint density at radius 2 is 1.91 bits per heavy atom. The summed E-state index contributed by atoms with van der Waals surface area (Å²) >= 11 is 1.68. The van der Waals surface area contributed by atoms with Crippen LogP contribution >= 0.6 is 36.2 Å².